The highest BCUT2D eigenvalue weighted by Gasteiger charge is 2.49. The van der Waals surface area contributed by atoms with Gasteiger partial charge >= 0.3 is 5.97 Å². The Kier molecular flexibility index (Phi) is 4.40. The number of hydrogen-bond acceptors (Lipinski definition) is 4. The summed E-state index contributed by atoms with van der Waals surface area (Å²) in [6.07, 6.45) is 4.94. The largest absolute Gasteiger partial charge is 0.463 e. The van der Waals surface area contributed by atoms with E-state index in [0.29, 0.717) is 18.6 Å². The lowest BCUT2D eigenvalue weighted by atomic mass is 9.97. The smallest absolute Gasteiger partial charge is 0.333 e. The normalized spacial score (nSPS) is 29.8. The zero-order chi connectivity index (χ0) is 13.1. The Bertz CT molecular complexity index is 333. The van der Waals surface area contributed by atoms with E-state index >= 15 is 0 Å². The molecule has 2 aliphatic rings. The van der Waals surface area contributed by atoms with Crippen LogP contribution in [0.25, 0.3) is 0 Å². The molecule has 2 rings (SSSR count). The second-order valence-corrected chi connectivity index (χ2v) is 4.79. The van der Waals surface area contributed by atoms with Gasteiger partial charge in [0.1, 0.15) is 12.2 Å². The van der Waals surface area contributed by atoms with Crippen molar-refractivity contribution in [2.75, 3.05) is 6.61 Å². The number of epoxide rings is 1. The number of ether oxygens (including phenoxy) is 3. The Morgan fingerprint density at radius 2 is 2.17 bits per heavy atom. The van der Waals surface area contributed by atoms with Gasteiger partial charge < -0.3 is 14.2 Å². The van der Waals surface area contributed by atoms with Crippen LogP contribution >= 0.6 is 0 Å². The second kappa shape index (κ2) is 5.85. The van der Waals surface area contributed by atoms with Gasteiger partial charge in [-0.25, -0.2) is 4.79 Å². The third kappa shape index (κ3) is 2.93. The average Bonchev–Trinajstić information content (AvgIpc) is 3.15. The lowest BCUT2D eigenvalue weighted by Crippen LogP contribution is -2.30. The van der Waals surface area contributed by atoms with Crippen LogP contribution in [-0.2, 0) is 19.0 Å². The number of carbonyl (C=O) groups excluding carboxylic acids is 1. The summed E-state index contributed by atoms with van der Waals surface area (Å²) in [5.74, 6) is -0.232. The van der Waals surface area contributed by atoms with E-state index in [-0.39, 0.29) is 30.4 Å². The molecule has 0 amide bonds. The molecule has 1 aliphatic carbocycles. The van der Waals surface area contributed by atoms with E-state index in [1.165, 1.54) is 0 Å². The molecule has 0 N–H and O–H groups in total. The zero-order valence-corrected chi connectivity index (χ0v) is 11.3. The first-order valence-corrected chi connectivity index (χ1v) is 6.88. The van der Waals surface area contributed by atoms with Gasteiger partial charge in [0.15, 0.2) is 0 Å². The van der Waals surface area contributed by atoms with Gasteiger partial charge in [-0.05, 0) is 25.8 Å². The van der Waals surface area contributed by atoms with Crippen LogP contribution < -0.4 is 0 Å². The van der Waals surface area contributed by atoms with Gasteiger partial charge in [0, 0.05) is 12.0 Å². The number of hydrogen-bond donors (Lipinski definition) is 0. The molecule has 4 heteroatoms. The van der Waals surface area contributed by atoms with Crippen LogP contribution in [0.15, 0.2) is 11.6 Å². The molecule has 102 valence electrons. The van der Waals surface area contributed by atoms with Crippen LogP contribution in [0.2, 0.25) is 0 Å². The molecule has 4 nitrogen and oxygen atoms in total. The van der Waals surface area contributed by atoms with E-state index in [9.17, 15) is 4.79 Å². The van der Waals surface area contributed by atoms with Crippen LogP contribution in [-0.4, -0.2) is 37.0 Å². The molecule has 0 aromatic rings. The summed E-state index contributed by atoms with van der Waals surface area (Å²) >= 11 is 0. The summed E-state index contributed by atoms with van der Waals surface area (Å²) < 4.78 is 16.6. The Morgan fingerprint density at radius 1 is 1.44 bits per heavy atom. The molecule has 0 saturated carbocycles. The first-order chi connectivity index (χ1) is 8.69. The van der Waals surface area contributed by atoms with Gasteiger partial charge in [-0.15, -0.1) is 0 Å². The number of carbonyl (C=O) groups is 1. The molecule has 1 heterocycles. The molecule has 0 spiro atoms. The van der Waals surface area contributed by atoms with Crippen LogP contribution in [0.1, 0.15) is 40.0 Å². The van der Waals surface area contributed by atoms with Crippen molar-refractivity contribution in [2.45, 2.75) is 64.4 Å². The summed E-state index contributed by atoms with van der Waals surface area (Å²) in [7, 11) is 0. The SMILES string of the molecule is CCOC(=O)C1=C[C@@H](OC(CC)CC)[C@@H]2O[C@@H]2C1. The molecular weight excluding hydrogens is 232 g/mol. The molecule has 3 atom stereocenters. The highest BCUT2D eigenvalue weighted by Crippen LogP contribution is 2.38. The molecule has 1 saturated heterocycles. The fourth-order valence-corrected chi connectivity index (χ4v) is 2.38. The van der Waals surface area contributed by atoms with Crippen molar-refractivity contribution >= 4 is 5.97 Å². The van der Waals surface area contributed by atoms with E-state index in [1.54, 1.807) is 0 Å². The van der Waals surface area contributed by atoms with Crippen molar-refractivity contribution in [3.05, 3.63) is 11.6 Å². The maximum absolute atomic E-state index is 11.7. The maximum Gasteiger partial charge on any atom is 0.333 e. The average molecular weight is 254 g/mol. The predicted molar refractivity (Wildman–Crippen MR) is 67.2 cm³/mol. The fraction of sp³-hybridized carbons (Fsp3) is 0.786. The highest BCUT2D eigenvalue weighted by molar-refractivity contribution is 5.89. The van der Waals surface area contributed by atoms with Crippen molar-refractivity contribution in [3.8, 4) is 0 Å². The maximum atomic E-state index is 11.7. The van der Waals surface area contributed by atoms with Crippen molar-refractivity contribution in [2.24, 2.45) is 0 Å². The molecule has 1 aliphatic heterocycles. The van der Waals surface area contributed by atoms with Crippen molar-refractivity contribution in [1.29, 1.82) is 0 Å². The van der Waals surface area contributed by atoms with Gasteiger partial charge in [0.05, 0.1) is 18.8 Å². The summed E-state index contributed by atoms with van der Waals surface area (Å²) in [5, 5.41) is 0. The molecule has 0 unspecified atom stereocenters. The van der Waals surface area contributed by atoms with Gasteiger partial charge in [0.2, 0.25) is 0 Å². The van der Waals surface area contributed by atoms with Crippen LogP contribution in [0.5, 0.6) is 0 Å². The van der Waals surface area contributed by atoms with E-state index < -0.39 is 0 Å². The van der Waals surface area contributed by atoms with E-state index in [0.717, 1.165) is 12.8 Å². The third-order valence-corrected chi connectivity index (χ3v) is 3.53. The van der Waals surface area contributed by atoms with Crippen LogP contribution in [0.3, 0.4) is 0 Å². The van der Waals surface area contributed by atoms with Crippen LogP contribution in [0.4, 0.5) is 0 Å². The van der Waals surface area contributed by atoms with E-state index in [1.807, 2.05) is 13.0 Å². The second-order valence-electron chi connectivity index (χ2n) is 4.79. The minimum absolute atomic E-state index is 0.0898. The quantitative estimate of drug-likeness (QED) is 0.538. The van der Waals surface area contributed by atoms with Crippen molar-refractivity contribution < 1.29 is 19.0 Å². The Balaban J connectivity index is 2.00. The number of fused-ring (bicyclic) bond motifs is 1. The van der Waals surface area contributed by atoms with Gasteiger partial charge in [0.25, 0.3) is 0 Å². The summed E-state index contributed by atoms with van der Waals surface area (Å²) in [6, 6.07) is 0. The monoisotopic (exact) mass is 254 g/mol. The topological polar surface area (TPSA) is 48.1 Å². The van der Waals surface area contributed by atoms with E-state index in [2.05, 4.69) is 13.8 Å². The number of rotatable bonds is 6. The lowest BCUT2D eigenvalue weighted by Gasteiger charge is -2.22. The van der Waals surface area contributed by atoms with Gasteiger partial charge in [-0.2, -0.15) is 0 Å². The molecule has 18 heavy (non-hydrogen) atoms. The third-order valence-electron chi connectivity index (χ3n) is 3.53. The van der Waals surface area contributed by atoms with Crippen LogP contribution in [0, 0.1) is 0 Å². The van der Waals surface area contributed by atoms with Crippen molar-refractivity contribution in [1.82, 2.24) is 0 Å². The highest BCUT2D eigenvalue weighted by atomic mass is 16.6. The molecule has 1 fully saturated rings. The predicted octanol–water partition coefficient (Wildman–Crippen LogP) is 2.22. The van der Waals surface area contributed by atoms with Gasteiger partial charge in [-0.3, -0.25) is 0 Å². The summed E-state index contributed by atoms with van der Waals surface area (Å²) in [6.45, 7) is 6.44. The minimum atomic E-state index is -0.232. The molecular formula is C14H22O4. The summed E-state index contributed by atoms with van der Waals surface area (Å²) in [4.78, 5) is 11.7. The fourth-order valence-electron chi connectivity index (χ4n) is 2.38. The molecule has 0 radical (unpaired) electrons. The van der Waals surface area contributed by atoms with Crippen molar-refractivity contribution in [3.63, 3.8) is 0 Å². The minimum Gasteiger partial charge on any atom is -0.463 e. The Hall–Kier alpha value is -0.870. The Labute approximate surface area is 108 Å². The molecule has 0 bridgehead atoms. The zero-order valence-electron chi connectivity index (χ0n) is 11.3. The standard InChI is InChI=1S/C14H22O4/c1-4-10(5-2)17-11-7-9(14(15)16-6-3)8-12-13(11)18-12/h7,10-13H,4-6,8H2,1-3H3/t11-,12-,13+/m1/s1. The first kappa shape index (κ1) is 13.6. The molecule has 0 aromatic carbocycles. The summed E-state index contributed by atoms with van der Waals surface area (Å²) in [5.41, 5.74) is 0.701. The Morgan fingerprint density at radius 3 is 2.78 bits per heavy atom. The van der Waals surface area contributed by atoms with E-state index in [4.69, 9.17) is 14.2 Å². The lowest BCUT2D eigenvalue weighted by molar-refractivity contribution is -0.138. The first-order valence-electron chi connectivity index (χ1n) is 6.88. The van der Waals surface area contributed by atoms with Gasteiger partial charge in [-0.1, -0.05) is 13.8 Å². The molecule has 0 aromatic heterocycles. The number of esters is 1.